The molecule has 2 aromatic rings. The first kappa shape index (κ1) is 16.2. The van der Waals surface area contributed by atoms with Crippen molar-refractivity contribution in [3.8, 4) is 0 Å². The molecule has 0 spiro atoms. The summed E-state index contributed by atoms with van der Waals surface area (Å²) in [6, 6.07) is 14.1. The number of rotatable bonds is 3. The molecule has 0 atom stereocenters. The number of aromatic nitrogens is 2. The van der Waals surface area contributed by atoms with E-state index < -0.39 is 0 Å². The summed E-state index contributed by atoms with van der Waals surface area (Å²) in [6.07, 6.45) is 6.65. The van der Waals surface area contributed by atoms with Gasteiger partial charge in [-0.15, -0.1) is 11.8 Å². The third kappa shape index (κ3) is 5.25. The fraction of sp³-hybridized carbons (Fsp3) is 0.375. The van der Waals surface area contributed by atoms with Crippen molar-refractivity contribution in [2.75, 3.05) is 30.5 Å². The molecular weight excluding hydrogens is 298 g/mol. The monoisotopic (exact) mass is 319 g/mol. The Labute approximate surface area is 135 Å². The van der Waals surface area contributed by atoms with Crippen LogP contribution >= 0.6 is 23.5 Å². The Kier molecular flexibility index (Phi) is 6.89. The molecule has 5 heteroatoms. The maximum Gasteiger partial charge on any atom is 0.190 e. The van der Waals surface area contributed by atoms with Crippen LogP contribution in [0.3, 0.4) is 0 Å². The molecule has 0 N–H and O–H groups in total. The Balaban J connectivity index is 0.000000225. The van der Waals surface area contributed by atoms with Gasteiger partial charge in [-0.25, -0.2) is 9.97 Å². The number of nitrogens with zero attached hydrogens (tertiary/aromatic N) is 3. The van der Waals surface area contributed by atoms with Crippen LogP contribution in [0.2, 0.25) is 0 Å². The van der Waals surface area contributed by atoms with E-state index in [9.17, 15) is 0 Å². The van der Waals surface area contributed by atoms with Gasteiger partial charge in [-0.3, -0.25) is 0 Å². The molecule has 1 aromatic heterocycles. The number of thioether (sulfide) groups is 2. The molecule has 0 amide bonds. The fourth-order valence-electron chi connectivity index (χ4n) is 2.08. The summed E-state index contributed by atoms with van der Waals surface area (Å²) in [5.74, 6) is 1.09. The zero-order valence-electron chi connectivity index (χ0n) is 12.5. The SMILES string of the molecule is CSc1cc(N2CCCC2)nc(SC)n1.c1ccccc1. The quantitative estimate of drug-likeness (QED) is 0.480. The molecular formula is C16H21N3S2. The lowest BCUT2D eigenvalue weighted by Gasteiger charge is -2.17. The third-order valence-corrected chi connectivity index (χ3v) is 4.33. The van der Waals surface area contributed by atoms with Gasteiger partial charge in [-0.1, -0.05) is 48.2 Å². The molecule has 1 aromatic carbocycles. The van der Waals surface area contributed by atoms with E-state index >= 15 is 0 Å². The molecule has 1 fully saturated rings. The van der Waals surface area contributed by atoms with Gasteiger partial charge in [0.2, 0.25) is 0 Å². The number of hydrogen-bond donors (Lipinski definition) is 0. The van der Waals surface area contributed by atoms with Crippen molar-refractivity contribution in [2.45, 2.75) is 23.0 Å². The lowest BCUT2D eigenvalue weighted by atomic mass is 10.4. The van der Waals surface area contributed by atoms with Gasteiger partial charge in [0, 0.05) is 19.2 Å². The van der Waals surface area contributed by atoms with E-state index in [0.717, 1.165) is 29.1 Å². The number of benzene rings is 1. The topological polar surface area (TPSA) is 29.0 Å². The lowest BCUT2D eigenvalue weighted by Crippen LogP contribution is -2.19. The Hall–Kier alpha value is -1.20. The van der Waals surface area contributed by atoms with Crippen LogP contribution in [0.25, 0.3) is 0 Å². The molecule has 2 heterocycles. The van der Waals surface area contributed by atoms with Crippen molar-refractivity contribution in [3.63, 3.8) is 0 Å². The summed E-state index contributed by atoms with van der Waals surface area (Å²) >= 11 is 3.29. The van der Waals surface area contributed by atoms with E-state index in [1.165, 1.54) is 12.8 Å². The molecule has 1 saturated heterocycles. The molecule has 0 unspecified atom stereocenters. The molecule has 3 nitrogen and oxygen atoms in total. The Morgan fingerprint density at radius 3 is 1.90 bits per heavy atom. The zero-order valence-corrected chi connectivity index (χ0v) is 14.2. The third-order valence-electron chi connectivity index (χ3n) is 3.16. The first-order valence-electron chi connectivity index (χ1n) is 7.05. The van der Waals surface area contributed by atoms with Gasteiger partial charge in [0.05, 0.1) is 0 Å². The van der Waals surface area contributed by atoms with E-state index in [4.69, 9.17) is 0 Å². The predicted octanol–water partition coefficient (Wildman–Crippen LogP) is 4.21. The highest BCUT2D eigenvalue weighted by Crippen LogP contribution is 2.24. The molecule has 1 aliphatic rings. The van der Waals surface area contributed by atoms with Crippen molar-refractivity contribution < 1.29 is 0 Å². The van der Waals surface area contributed by atoms with Crippen molar-refractivity contribution in [1.82, 2.24) is 9.97 Å². The molecule has 112 valence electrons. The molecule has 1 aliphatic heterocycles. The van der Waals surface area contributed by atoms with Gasteiger partial charge in [-0.05, 0) is 25.4 Å². The first-order chi connectivity index (χ1) is 10.3. The van der Waals surface area contributed by atoms with Crippen molar-refractivity contribution in [2.24, 2.45) is 0 Å². The van der Waals surface area contributed by atoms with Gasteiger partial charge in [0.15, 0.2) is 5.16 Å². The van der Waals surface area contributed by atoms with Gasteiger partial charge in [-0.2, -0.15) is 0 Å². The van der Waals surface area contributed by atoms with E-state index in [2.05, 4.69) is 27.2 Å². The molecule has 0 bridgehead atoms. The zero-order chi connectivity index (χ0) is 14.9. The summed E-state index contributed by atoms with van der Waals surface area (Å²) in [4.78, 5) is 11.3. The van der Waals surface area contributed by atoms with Crippen LogP contribution in [-0.4, -0.2) is 35.6 Å². The van der Waals surface area contributed by atoms with Gasteiger partial charge < -0.3 is 4.90 Å². The molecule has 3 rings (SSSR count). The van der Waals surface area contributed by atoms with E-state index in [0.29, 0.717) is 0 Å². The maximum absolute atomic E-state index is 4.55. The van der Waals surface area contributed by atoms with Crippen LogP contribution in [0.15, 0.2) is 52.6 Å². The predicted molar refractivity (Wildman–Crippen MR) is 93.5 cm³/mol. The highest BCUT2D eigenvalue weighted by atomic mass is 32.2. The highest BCUT2D eigenvalue weighted by molar-refractivity contribution is 7.99. The molecule has 21 heavy (non-hydrogen) atoms. The van der Waals surface area contributed by atoms with Crippen LogP contribution in [-0.2, 0) is 0 Å². The summed E-state index contributed by atoms with van der Waals surface area (Å²) in [6.45, 7) is 2.28. The van der Waals surface area contributed by atoms with Gasteiger partial charge in [0.25, 0.3) is 0 Å². The first-order valence-corrected chi connectivity index (χ1v) is 9.50. The van der Waals surface area contributed by atoms with Crippen LogP contribution in [0.5, 0.6) is 0 Å². The number of hydrogen-bond acceptors (Lipinski definition) is 5. The van der Waals surface area contributed by atoms with E-state index in [1.54, 1.807) is 23.5 Å². The second kappa shape index (κ2) is 8.95. The summed E-state index contributed by atoms with van der Waals surface area (Å²) in [5, 5.41) is 1.94. The second-order valence-corrected chi connectivity index (χ2v) is 6.20. The van der Waals surface area contributed by atoms with Gasteiger partial charge in [0.1, 0.15) is 10.8 Å². The molecule has 0 aliphatic carbocycles. The minimum atomic E-state index is 0.878. The van der Waals surface area contributed by atoms with Crippen LogP contribution in [0, 0.1) is 0 Å². The second-order valence-electron chi connectivity index (χ2n) is 4.60. The fourth-order valence-corrected chi connectivity index (χ4v) is 2.91. The standard InChI is InChI=1S/C10H15N3S2.C6H6/c1-14-9-7-8(11-10(12-9)15-2)13-5-3-4-6-13;1-2-4-6-5-3-1/h7H,3-6H2,1-2H3;1-6H. The molecule has 0 radical (unpaired) electrons. The lowest BCUT2D eigenvalue weighted by molar-refractivity contribution is 0.841. The normalized spacial score (nSPS) is 13.7. The molecule has 0 saturated carbocycles. The number of anilines is 1. The summed E-state index contributed by atoms with van der Waals surface area (Å²) in [5.41, 5.74) is 0. The minimum Gasteiger partial charge on any atom is -0.356 e. The van der Waals surface area contributed by atoms with Gasteiger partial charge >= 0.3 is 0 Å². The van der Waals surface area contributed by atoms with Crippen molar-refractivity contribution in [3.05, 3.63) is 42.5 Å². The minimum absolute atomic E-state index is 0.878. The highest BCUT2D eigenvalue weighted by Gasteiger charge is 2.15. The average molecular weight is 319 g/mol. The van der Waals surface area contributed by atoms with E-state index in [1.807, 2.05) is 42.7 Å². The van der Waals surface area contributed by atoms with Crippen LogP contribution in [0.4, 0.5) is 5.82 Å². The largest absolute Gasteiger partial charge is 0.356 e. The Bertz CT molecular complexity index is 479. The average Bonchev–Trinajstić information content (AvgIpc) is 3.11. The Morgan fingerprint density at radius 1 is 0.857 bits per heavy atom. The van der Waals surface area contributed by atoms with Crippen LogP contribution < -0.4 is 4.90 Å². The van der Waals surface area contributed by atoms with Crippen molar-refractivity contribution in [1.29, 1.82) is 0 Å². The van der Waals surface area contributed by atoms with Crippen LogP contribution in [0.1, 0.15) is 12.8 Å². The van der Waals surface area contributed by atoms with Crippen molar-refractivity contribution >= 4 is 29.3 Å². The Morgan fingerprint density at radius 2 is 1.43 bits per heavy atom. The smallest absolute Gasteiger partial charge is 0.190 e. The summed E-state index contributed by atoms with van der Waals surface area (Å²) < 4.78 is 0. The van der Waals surface area contributed by atoms with E-state index in [-0.39, 0.29) is 0 Å². The maximum atomic E-state index is 4.55. The summed E-state index contributed by atoms with van der Waals surface area (Å²) in [7, 11) is 0.